The Kier molecular flexibility index (Phi) is 2.11. The summed E-state index contributed by atoms with van der Waals surface area (Å²) in [5, 5.41) is 11.4. The van der Waals surface area contributed by atoms with E-state index in [0.29, 0.717) is 10.7 Å². The molecule has 0 spiro atoms. The first-order valence-corrected chi connectivity index (χ1v) is 4.55. The Hall–Kier alpha value is -1.59. The average molecular weight is 203 g/mol. The fourth-order valence-corrected chi connectivity index (χ4v) is 1.63. The van der Waals surface area contributed by atoms with Crippen molar-refractivity contribution in [3.63, 3.8) is 0 Å². The second-order valence-electron chi connectivity index (χ2n) is 3.09. The Bertz CT molecular complexity index is 535. The van der Waals surface area contributed by atoms with Gasteiger partial charge in [-0.25, -0.2) is 4.98 Å². The van der Waals surface area contributed by atoms with E-state index in [2.05, 4.69) is 11.1 Å². The van der Waals surface area contributed by atoms with Crippen LogP contribution in [-0.4, -0.2) is 4.98 Å². The number of fused-ring (bicyclic) bond motifs is 1. The molecular weight excluding hydrogens is 196 g/mol. The van der Waals surface area contributed by atoms with Gasteiger partial charge in [0.25, 0.3) is 0 Å². The van der Waals surface area contributed by atoms with E-state index in [1.807, 2.05) is 25.1 Å². The highest BCUT2D eigenvalue weighted by Crippen LogP contribution is 2.21. The third-order valence-corrected chi connectivity index (χ3v) is 2.26. The van der Waals surface area contributed by atoms with Crippen LogP contribution in [0.25, 0.3) is 10.8 Å². The average Bonchev–Trinajstić information content (AvgIpc) is 2.15. The summed E-state index contributed by atoms with van der Waals surface area (Å²) in [7, 11) is 0. The Morgan fingerprint density at radius 3 is 2.86 bits per heavy atom. The van der Waals surface area contributed by atoms with Gasteiger partial charge in [-0.15, -0.1) is 0 Å². The first-order valence-electron chi connectivity index (χ1n) is 4.18. The Balaban J connectivity index is 2.89. The number of hydrogen-bond donors (Lipinski definition) is 0. The summed E-state index contributed by atoms with van der Waals surface area (Å²) in [6.45, 7) is 1.86. The quantitative estimate of drug-likeness (QED) is 0.658. The molecule has 2 nitrogen and oxygen atoms in total. The van der Waals surface area contributed by atoms with E-state index in [0.717, 1.165) is 16.5 Å². The number of aryl methyl sites for hydroxylation is 1. The van der Waals surface area contributed by atoms with Gasteiger partial charge >= 0.3 is 0 Å². The zero-order valence-corrected chi connectivity index (χ0v) is 8.34. The zero-order chi connectivity index (χ0) is 10.1. The zero-order valence-electron chi connectivity index (χ0n) is 7.58. The fraction of sp³-hybridized carbons (Fsp3) is 0.0909. The highest BCUT2D eigenvalue weighted by atomic mass is 35.5. The molecule has 0 aliphatic rings. The van der Waals surface area contributed by atoms with E-state index >= 15 is 0 Å². The minimum Gasteiger partial charge on any atom is -0.242 e. The van der Waals surface area contributed by atoms with Crippen LogP contribution in [0.5, 0.6) is 0 Å². The number of pyridine rings is 1. The standard InChI is InChI=1S/C11H7ClN2/c1-7-4-8-5-9(12)2-3-10(8)11(6-13)14-7/h2-5H,1H3. The molecule has 0 fully saturated rings. The molecule has 0 N–H and O–H groups in total. The van der Waals surface area contributed by atoms with Gasteiger partial charge in [0.05, 0.1) is 0 Å². The first-order chi connectivity index (χ1) is 6.70. The molecule has 2 rings (SSSR count). The van der Waals surface area contributed by atoms with Crippen molar-refractivity contribution in [1.82, 2.24) is 4.98 Å². The van der Waals surface area contributed by atoms with Gasteiger partial charge in [-0.1, -0.05) is 11.6 Å². The molecule has 2 aromatic rings. The van der Waals surface area contributed by atoms with E-state index in [-0.39, 0.29) is 0 Å². The molecule has 0 aliphatic heterocycles. The number of benzene rings is 1. The van der Waals surface area contributed by atoms with Gasteiger partial charge in [-0.3, -0.25) is 0 Å². The molecule has 3 heteroatoms. The van der Waals surface area contributed by atoms with E-state index < -0.39 is 0 Å². The second-order valence-corrected chi connectivity index (χ2v) is 3.53. The van der Waals surface area contributed by atoms with Gasteiger partial charge in [0.15, 0.2) is 0 Å². The van der Waals surface area contributed by atoms with Crippen molar-refractivity contribution in [1.29, 1.82) is 5.26 Å². The maximum Gasteiger partial charge on any atom is 0.148 e. The lowest BCUT2D eigenvalue weighted by Gasteiger charge is -2.01. The molecule has 0 atom stereocenters. The van der Waals surface area contributed by atoms with Crippen LogP contribution in [0.1, 0.15) is 11.4 Å². The minimum absolute atomic E-state index is 0.455. The largest absolute Gasteiger partial charge is 0.242 e. The molecule has 1 heterocycles. The van der Waals surface area contributed by atoms with E-state index in [1.165, 1.54) is 0 Å². The van der Waals surface area contributed by atoms with E-state index in [4.69, 9.17) is 16.9 Å². The van der Waals surface area contributed by atoms with Crippen molar-refractivity contribution >= 4 is 22.4 Å². The van der Waals surface area contributed by atoms with Crippen LogP contribution in [0.4, 0.5) is 0 Å². The van der Waals surface area contributed by atoms with Crippen LogP contribution in [0.15, 0.2) is 24.3 Å². The van der Waals surface area contributed by atoms with Crippen molar-refractivity contribution in [3.05, 3.63) is 40.7 Å². The van der Waals surface area contributed by atoms with Crippen LogP contribution in [-0.2, 0) is 0 Å². The lowest BCUT2D eigenvalue weighted by atomic mass is 10.1. The smallest absolute Gasteiger partial charge is 0.148 e. The van der Waals surface area contributed by atoms with Crippen LogP contribution < -0.4 is 0 Å². The van der Waals surface area contributed by atoms with Gasteiger partial charge in [0, 0.05) is 16.1 Å². The number of halogens is 1. The minimum atomic E-state index is 0.455. The maximum atomic E-state index is 8.88. The molecule has 14 heavy (non-hydrogen) atoms. The van der Waals surface area contributed by atoms with Gasteiger partial charge < -0.3 is 0 Å². The third kappa shape index (κ3) is 1.43. The molecule has 1 aromatic heterocycles. The van der Waals surface area contributed by atoms with Crippen molar-refractivity contribution in [3.8, 4) is 6.07 Å². The molecule has 0 saturated heterocycles. The van der Waals surface area contributed by atoms with E-state index in [1.54, 1.807) is 6.07 Å². The molecule has 0 aliphatic carbocycles. The SMILES string of the molecule is Cc1cc2cc(Cl)ccc2c(C#N)n1. The van der Waals surface area contributed by atoms with Crippen LogP contribution in [0, 0.1) is 18.3 Å². The number of aromatic nitrogens is 1. The van der Waals surface area contributed by atoms with Crippen LogP contribution >= 0.6 is 11.6 Å². The number of nitriles is 1. The summed E-state index contributed by atoms with van der Waals surface area (Å²) in [5.74, 6) is 0. The summed E-state index contributed by atoms with van der Waals surface area (Å²) in [6.07, 6.45) is 0. The summed E-state index contributed by atoms with van der Waals surface area (Å²) >= 11 is 5.86. The molecule has 0 amide bonds. The molecule has 0 radical (unpaired) electrons. The molecule has 0 saturated carbocycles. The van der Waals surface area contributed by atoms with Crippen molar-refractivity contribution in [2.24, 2.45) is 0 Å². The number of hydrogen-bond acceptors (Lipinski definition) is 2. The molecule has 68 valence electrons. The van der Waals surface area contributed by atoms with Crippen LogP contribution in [0.3, 0.4) is 0 Å². The van der Waals surface area contributed by atoms with Gasteiger partial charge in [0.2, 0.25) is 0 Å². The maximum absolute atomic E-state index is 8.88. The monoisotopic (exact) mass is 202 g/mol. The van der Waals surface area contributed by atoms with Crippen molar-refractivity contribution < 1.29 is 0 Å². The van der Waals surface area contributed by atoms with Gasteiger partial charge in [0.1, 0.15) is 11.8 Å². The molecule has 0 bridgehead atoms. The predicted molar refractivity (Wildman–Crippen MR) is 56.2 cm³/mol. The number of nitrogens with zero attached hydrogens (tertiary/aromatic N) is 2. The molecular formula is C11H7ClN2. The lowest BCUT2D eigenvalue weighted by Crippen LogP contribution is -1.88. The summed E-state index contributed by atoms with van der Waals surface area (Å²) in [4.78, 5) is 4.15. The Morgan fingerprint density at radius 2 is 2.14 bits per heavy atom. The lowest BCUT2D eigenvalue weighted by molar-refractivity contribution is 1.19. The summed E-state index contributed by atoms with van der Waals surface area (Å²) < 4.78 is 0. The number of rotatable bonds is 0. The third-order valence-electron chi connectivity index (χ3n) is 2.03. The highest BCUT2D eigenvalue weighted by Gasteiger charge is 2.03. The highest BCUT2D eigenvalue weighted by molar-refractivity contribution is 6.31. The summed E-state index contributed by atoms with van der Waals surface area (Å²) in [6, 6.07) is 9.42. The van der Waals surface area contributed by atoms with Gasteiger partial charge in [-0.2, -0.15) is 5.26 Å². The second kappa shape index (κ2) is 3.28. The normalized spacial score (nSPS) is 10.1. The molecule has 0 unspecified atom stereocenters. The Labute approximate surface area is 86.8 Å². The Morgan fingerprint density at radius 1 is 1.36 bits per heavy atom. The van der Waals surface area contributed by atoms with E-state index in [9.17, 15) is 0 Å². The summed E-state index contributed by atoms with van der Waals surface area (Å²) in [5.41, 5.74) is 1.29. The topological polar surface area (TPSA) is 36.7 Å². The molecule has 1 aromatic carbocycles. The van der Waals surface area contributed by atoms with Crippen LogP contribution in [0.2, 0.25) is 5.02 Å². The van der Waals surface area contributed by atoms with Gasteiger partial charge in [-0.05, 0) is 36.6 Å². The van der Waals surface area contributed by atoms with Crippen molar-refractivity contribution in [2.45, 2.75) is 6.92 Å². The van der Waals surface area contributed by atoms with Crippen molar-refractivity contribution in [2.75, 3.05) is 0 Å². The first kappa shape index (κ1) is 8.98. The predicted octanol–water partition coefficient (Wildman–Crippen LogP) is 3.07. The fourth-order valence-electron chi connectivity index (χ4n) is 1.45.